The Morgan fingerprint density at radius 3 is 2.54 bits per heavy atom. The highest BCUT2D eigenvalue weighted by molar-refractivity contribution is 6.01. The lowest BCUT2D eigenvalue weighted by Crippen LogP contribution is -2.27. The summed E-state index contributed by atoms with van der Waals surface area (Å²) in [5.41, 5.74) is 0.798. The average molecular weight is 360 g/mol. The van der Waals surface area contributed by atoms with Gasteiger partial charge in [-0.1, -0.05) is 32.1 Å². The van der Waals surface area contributed by atoms with E-state index in [9.17, 15) is 14.4 Å². The minimum Gasteiger partial charge on any atom is -0.457 e. The first kappa shape index (κ1) is 18.7. The van der Waals surface area contributed by atoms with Crippen LogP contribution in [0.4, 0.5) is 0 Å². The second-order valence-electron chi connectivity index (χ2n) is 7.43. The van der Waals surface area contributed by atoms with E-state index in [0.29, 0.717) is 23.6 Å². The van der Waals surface area contributed by atoms with Crippen molar-refractivity contribution in [3.8, 4) is 0 Å². The Bertz CT molecular complexity index is 640. The SMILES string of the molecule is O=C(CCC1CCCCC1)OCC(=O)c1c[nH]c(C(=O)N2CCCC2)c1. The number of H-pyrrole nitrogens is 1. The number of carbonyl (C=O) groups is 3. The quantitative estimate of drug-likeness (QED) is 0.597. The number of aromatic nitrogens is 1. The molecule has 0 radical (unpaired) electrons. The molecule has 0 unspecified atom stereocenters. The molecule has 6 heteroatoms. The zero-order valence-electron chi connectivity index (χ0n) is 15.3. The van der Waals surface area contributed by atoms with Crippen molar-refractivity contribution in [2.75, 3.05) is 19.7 Å². The van der Waals surface area contributed by atoms with Gasteiger partial charge in [0.15, 0.2) is 6.61 Å². The van der Waals surface area contributed by atoms with E-state index in [0.717, 1.165) is 32.4 Å². The molecule has 6 nitrogen and oxygen atoms in total. The number of hydrogen-bond donors (Lipinski definition) is 1. The number of ether oxygens (including phenoxy) is 1. The van der Waals surface area contributed by atoms with Crippen molar-refractivity contribution in [1.29, 1.82) is 0 Å². The van der Waals surface area contributed by atoms with E-state index in [1.165, 1.54) is 38.3 Å². The van der Waals surface area contributed by atoms with Gasteiger partial charge in [0.05, 0.1) is 0 Å². The fourth-order valence-electron chi connectivity index (χ4n) is 3.87. The van der Waals surface area contributed by atoms with Crippen molar-refractivity contribution in [3.63, 3.8) is 0 Å². The molecule has 1 N–H and O–H groups in total. The molecule has 1 amide bonds. The Morgan fingerprint density at radius 1 is 1.08 bits per heavy atom. The van der Waals surface area contributed by atoms with Crippen molar-refractivity contribution in [1.82, 2.24) is 9.88 Å². The molecule has 0 bridgehead atoms. The van der Waals surface area contributed by atoms with Gasteiger partial charge >= 0.3 is 5.97 Å². The molecule has 0 spiro atoms. The first-order chi connectivity index (χ1) is 12.6. The van der Waals surface area contributed by atoms with Crippen LogP contribution in [0.15, 0.2) is 12.3 Å². The third-order valence-electron chi connectivity index (χ3n) is 5.47. The first-order valence-corrected chi connectivity index (χ1v) is 9.80. The van der Waals surface area contributed by atoms with Crippen LogP contribution in [0, 0.1) is 5.92 Å². The van der Waals surface area contributed by atoms with E-state index < -0.39 is 0 Å². The predicted octanol–water partition coefficient (Wildman–Crippen LogP) is 3.34. The van der Waals surface area contributed by atoms with Gasteiger partial charge in [0.1, 0.15) is 5.69 Å². The number of nitrogens with one attached hydrogen (secondary N) is 1. The molecule has 142 valence electrons. The Labute approximate surface area is 154 Å². The number of Topliss-reactive ketones (excluding diaryl/α,β-unsaturated/α-hetero) is 1. The van der Waals surface area contributed by atoms with Gasteiger partial charge in [0, 0.05) is 31.3 Å². The predicted molar refractivity (Wildman–Crippen MR) is 97.0 cm³/mol. The van der Waals surface area contributed by atoms with Gasteiger partial charge in [-0.2, -0.15) is 0 Å². The van der Waals surface area contributed by atoms with Crippen LogP contribution in [-0.4, -0.2) is 47.2 Å². The average Bonchev–Trinajstić information content (AvgIpc) is 3.36. The molecule has 1 saturated carbocycles. The zero-order valence-corrected chi connectivity index (χ0v) is 15.3. The number of nitrogens with zero attached hydrogens (tertiary/aromatic N) is 1. The Balaban J connectivity index is 1.41. The van der Waals surface area contributed by atoms with Gasteiger partial charge in [-0.25, -0.2) is 0 Å². The summed E-state index contributed by atoms with van der Waals surface area (Å²) in [5, 5.41) is 0. The molecule has 3 rings (SSSR count). The number of likely N-dealkylation sites (tertiary alicyclic amines) is 1. The molecule has 26 heavy (non-hydrogen) atoms. The van der Waals surface area contributed by atoms with Crippen LogP contribution < -0.4 is 0 Å². The van der Waals surface area contributed by atoms with Crippen LogP contribution in [0.5, 0.6) is 0 Å². The van der Waals surface area contributed by atoms with Crippen LogP contribution in [0.2, 0.25) is 0 Å². The number of rotatable bonds is 7. The lowest BCUT2D eigenvalue weighted by atomic mass is 9.86. The summed E-state index contributed by atoms with van der Waals surface area (Å²) in [4.78, 5) is 41.0. The minimum absolute atomic E-state index is 0.0778. The number of aromatic amines is 1. The largest absolute Gasteiger partial charge is 0.457 e. The van der Waals surface area contributed by atoms with E-state index in [4.69, 9.17) is 4.74 Å². The summed E-state index contributed by atoms with van der Waals surface area (Å²) >= 11 is 0. The Hall–Kier alpha value is -2.11. The second-order valence-corrected chi connectivity index (χ2v) is 7.43. The van der Waals surface area contributed by atoms with Crippen LogP contribution in [0.25, 0.3) is 0 Å². The minimum atomic E-state index is -0.312. The van der Waals surface area contributed by atoms with E-state index in [2.05, 4.69) is 4.98 Å². The van der Waals surface area contributed by atoms with E-state index in [-0.39, 0.29) is 24.3 Å². The van der Waals surface area contributed by atoms with E-state index in [1.807, 2.05) is 0 Å². The fourth-order valence-corrected chi connectivity index (χ4v) is 3.87. The third kappa shape index (κ3) is 4.96. The van der Waals surface area contributed by atoms with E-state index >= 15 is 0 Å². The number of amides is 1. The first-order valence-electron chi connectivity index (χ1n) is 9.80. The lowest BCUT2D eigenvalue weighted by Gasteiger charge is -2.20. The number of esters is 1. The van der Waals surface area contributed by atoms with Gasteiger partial charge in [-0.15, -0.1) is 0 Å². The fraction of sp³-hybridized carbons (Fsp3) is 0.650. The maximum atomic E-state index is 12.3. The number of hydrogen-bond acceptors (Lipinski definition) is 4. The maximum Gasteiger partial charge on any atom is 0.306 e. The highest BCUT2D eigenvalue weighted by Gasteiger charge is 2.22. The topological polar surface area (TPSA) is 79.5 Å². The van der Waals surface area contributed by atoms with Crippen LogP contribution in [0.1, 0.15) is 78.6 Å². The van der Waals surface area contributed by atoms with Crippen molar-refractivity contribution in [2.45, 2.75) is 57.8 Å². The van der Waals surface area contributed by atoms with Crippen LogP contribution in [0.3, 0.4) is 0 Å². The van der Waals surface area contributed by atoms with Crippen LogP contribution in [-0.2, 0) is 9.53 Å². The summed E-state index contributed by atoms with van der Waals surface area (Å²) in [6.45, 7) is 1.26. The van der Waals surface area contributed by atoms with Gasteiger partial charge in [0.25, 0.3) is 5.91 Å². The summed E-state index contributed by atoms with van der Waals surface area (Å²) in [7, 11) is 0. The molecule has 1 aliphatic heterocycles. The normalized spacial score (nSPS) is 18.1. The second kappa shape index (κ2) is 9.01. The van der Waals surface area contributed by atoms with Crippen molar-refractivity contribution >= 4 is 17.7 Å². The maximum absolute atomic E-state index is 12.3. The van der Waals surface area contributed by atoms with Gasteiger partial charge in [-0.05, 0) is 31.2 Å². The van der Waals surface area contributed by atoms with Crippen molar-refractivity contribution in [2.24, 2.45) is 5.92 Å². The van der Waals surface area contributed by atoms with Crippen molar-refractivity contribution in [3.05, 3.63) is 23.5 Å². The molecular formula is C20H28N2O4. The number of carbonyl (C=O) groups excluding carboxylic acids is 3. The van der Waals surface area contributed by atoms with Gasteiger partial charge in [-0.3, -0.25) is 14.4 Å². The zero-order chi connectivity index (χ0) is 18.4. The number of ketones is 1. The molecule has 2 fully saturated rings. The molecule has 1 saturated heterocycles. The summed E-state index contributed by atoms with van der Waals surface area (Å²) < 4.78 is 5.12. The van der Waals surface area contributed by atoms with Crippen LogP contribution >= 0.6 is 0 Å². The summed E-state index contributed by atoms with van der Waals surface area (Å²) in [5.74, 6) is -0.0533. The summed E-state index contributed by atoms with van der Waals surface area (Å²) in [6.07, 6.45) is 11.0. The Morgan fingerprint density at radius 2 is 1.81 bits per heavy atom. The smallest absolute Gasteiger partial charge is 0.306 e. The molecule has 0 aromatic carbocycles. The molecular weight excluding hydrogens is 332 g/mol. The Kier molecular flexibility index (Phi) is 6.47. The molecule has 1 aliphatic carbocycles. The van der Waals surface area contributed by atoms with Gasteiger partial charge < -0.3 is 14.6 Å². The highest BCUT2D eigenvalue weighted by atomic mass is 16.5. The molecule has 2 heterocycles. The molecule has 1 aromatic rings. The van der Waals surface area contributed by atoms with Gasteiger partial charge in [0.2, 0.25) is 5.78 Å². The lowest BCUT2D eigenvalue weighted by molar-refractivity contribution is -0.142. The highest BCUT2D eigenvalue weighted by Crippen LogP contribution is 2.27. The third-order valence-corrected chi connectivity index (χ3v) is 5.47. The van der Waals surface area contributed by atoms with E-state index in [1.54, 1.807) is 11.0 Å². The molecule has 2 aliphatic rings. The molecule has 0 atom stereocenters. The van der Waals surface area contributed by atoms with Crippen molar-refractivity contribution < 1.29 is 19.1 Å². The summed E-state index contributed by atoms with van der Waals surface area (Å²) in [6, 6.07) is 1.55. The monoisotopic (exact) mass is 360 g/mol. The standard InChI is InChI=1S/C20H28N2O4/c23-18(14-26-19(24)9-8-15-6-2-1-3-7-15)16-12-17(21-13-16)20(25)22-10-4-5-11-22/h12-13,15,21H,1-11,14H2. The molecule has 1 aromatic heterocycles.